The molecular formula is C12H15ClN2O3. The molecular weight excluding hydrogens is 256 g/mol. The minimum atomic E-state index is -0.637. The second kappa shape index (κ2) is 6.35. The molecule has 18 heavy (non-hydrogen) atoms. The molecule has 1 amide bonds. The summed E-state index contributed by atoms with van der Waals surface area (Å²) in [6.45, 7) is 3.86. The van der Waals surface area contributed by atoms with Crippen LogP contribution in [0.25, 0.3) is 0 Å². The lowest BCUT2D eigenvalue weighted by Gasteiger charge is -2.12. The maximum atomic E-state index is 11.9. The van der Waals surface area contributed by atoms with Crippen LogP contribution in [0.3, 0.4) is 0 Å². The van der Waals surface area contributed by atoms with E-state index < -0.39 is 10.8 Å². The Hall–Kier alpha value is -1.62. The van der Waals surface area contributed by atoms with Crippen LogP contribution in [0.2, 0.25) is 5.02 Å². The molecule has 0 aliphatic rings. The summed E-state index contributed by atoms with van der Waals surface area (Å²) in [4.78, 5) is 22.2. The smallest absolute Gasteiger partial charge is 0.300 e. The predicted molar refractivity (Wildman–Crippen MR) is 69.9 cm³/mol. The number of hydrogen-bond donors (Lipinski definition) is 1. The highest BCUT2D eigenvalue weighted by molar-refractivity contribution is 6.33. The van der Waals surface area contributed by atoms with Gasteiger partial charge in [0.05, 0.1) is 4.92 Å². The topological polar surface area (TPSA) is 72.2 Å². The Morgan fingerprint density at radius 2 is 2.22 bits per heavy atom. The number of halogens is 1. The average Bonchev–Trinajstić information content (AvgIpc) is 2.28. The molecule has 1 aromatic carbocycles. The second-order valence-electron chi connectivity index (χ2n) is 4.06. The average molecular weight is 271 g/mol. The summed E-state index contributed by atoms with van der Waals surface area (Å²) in [7, 11) is 0. The molecule has 0 aliphatic carbocycles. The normalized spacial score (nSPS) is 11.9. The highest BCUT2D eigenvalue weighted by Gasteiger charge is 2.24. The van der Waals surface area contributed by atoms with E-state index in [4.69, 9.17) is 11.6 Å². The van der Waals surface area contributed by atoms with E-state index >= 15 is 0 Å². The monoisotopic (exact) mass is 270 g/mol. The summed E-state index contributed by atoms with van der Waals surface area (Å²) in [6, 6.07) is 4.29. The van der Waals surface area contributed by atoms with Gasteiger partial charge in [0.25, 0.3) is 5.91 Å². The van der Waals surface area contributed by atoms with Crippen molar-refractivity contribution >= 4 is 23.2 Å². The van der Waals surface area contributed by atoms with Gasteiger partial charge in [-0.15, -0.1) is 0 Å². The number of nitrogens with zero attached hydrogens (tertiary/aromatic N) is 1. The third kappa shape index (κ3) is 3.43. The molecule has 1 N–H and O–H groups in total. The summed E-state index contributed by atoms with van der Waals surface area (Å²) < 4.78 is 0. The van der Waals surface area contributed by atoms with Crippen molar-refractivity contribution in [2.45, 2.75) is 32.7 Å². The molecule has 0 spiro atoms. The lowest BCUT2D eigenvalue weighted by atomic mass is 10.1. The number of para-hydroxylation sites is 1. The van der Waals surface area contributed by atoms with Crippen molar-refractivity contribution in [1.82, 2.24) is 5.32 Å². The number of benzene rings is 1. The first-order valence-corrected chi connectivity index (χ1v) is 6.09. The molecule has 0 saturated carbocycles. The number of nitro groups is 1. The van der Waals surface area contributed by atoms with Crippen LogP contribution in [0.4, 0.5) is 5.69 Å². The molecule has 0 fully saturated rings. The van der Waals surface area contributed by atoms with E-state index in [1.807, 2.05) is 13.8 Å². The number of nitro benzene ring substituents is 1. The maximum Gasteiger partial charge on any atom is 0.300 e. The molecule has 0 heterocycles. The van der Waals surface area contributed by atoms with Crippen LogP contribution in [0, 0.1) is 10.1 Å². The number of amides is 1. The Labute approximate surface area is 110 Å². The molecule has 1 rings (SSSR count). The lowest BCUT2D eigenvalue weighted by Crippen LogP contribution is -2.32. The zero-order chi connectivity index (χ0) is 13.7. The van der Waals surface area contributed by atoms with Gasteiger partial charge in [-0.1, -0.05) is 31.0 Å². The Kier molecular flexibility index (Phi) is 5.09. The van der Waals surface area contributed by atoms with Crippen LogP contribution in [-0.2, 0) is 0 Å². The van der Waals surface area contributed by atoms with Gasteiger partial charge in [0.1, 0.15) is 10.6 Å². The van der Waals surface area contributed by atoms with E-state index in [-0.39, 0.29) is 22.3 Å². The predicted octanol–water partition coefficient (Wildman–Crippen LogP) is 3.17. The van der Waals surface area contributed by atoms with Gasteiger partial charge in [-0.25, -0.2) is 0 Å². The fourth-order valence-electron chi connectivity index (χ4n) is 1.69. The van der Waals surface area contributed by atoms with Gasteiger partial charge in [0.15, 0.2) is 0 Å². The van der Waals surface area contributed by atoms with Gasteiger partial charge in [0, 0.05) is 6.04 Å². The van der Waals surface area contributed by atoms with E-state index in [1.165, 1.54) is 18.2 Å². The maximum absolute atomic E-state index is 11.9. The Bertz CT molecular complexity index is 463. The fourth-order valence-corrected chi connectivity index (χ4v) is 1.93. The fraction of sp³-hybridized carbons (Fsp3) is 0.417. The van der Waals surface area contributed by atoms with Crippen molar-refractivity contribution in [1.29, 1.82) is 0 Å². The van der Waals surface area contributed by atoms with Gasteiger partial charge in [-0.3, -0.25) is 14.9 Å². The molecule has 1 aromatic rings. The Balaban J connectivity index is 2.99. The van der Waals surface area contributed by atoms with Gasteiger partial charge in [0.2, 0.25) is 0 Å². The molecule has 0 saturated heterocycles. The van der Waals surface area contributed by atoms with E-state index in [0.29, 0.717) is 0 Å². The molecule has 0 aliphatic heterocycles. The van der Waals surface area contributed by atoms with Crippen LogP contribution in [0.1, 0.15) is 37.0 Å². The molecule has 1 unspecified atom stereocenters. The van der Waals surface area contributed by atoms with Gasteiger partial charge >= 0.3 is 5.69 Å². The Morgan fingerprint density at radius 3 is 2.78 bits per heavy atom. The van der Waals surface area contributed by atoms with Crippen LogP contribution in [0.15, 0.2) is 18.2 Å². The van der Waals surface area contributed by atoms with E-state index in [2.05, 4.69) is 5.32 Å². The van der Waals surface area contributed by atoms with E-state index in [1.54, 1.807) is 0 Å². The number of carbonyl (C=O) groups excluding carboxylic acids is 1. The van der Waals surface area contributed by atoms with Crippen molar-refractivity contribution in [3.8, 4) is 0 Å². The standard InChI is InChI=1S/C12H15ClN2O3/c1-3-5-8(2)14-12(16)9-6-4-7-10(13)11(9)15(17)18/h4,6-8H,3,5H2,1-2H3,(H,14,16). The first kappa shape index (κ1) is 14.4. The van der Waals surface area contributed by atoms with E-state index in [0.717, 1.165) is 12.8 Å². The Morgan fingerprint density at radius 1 is 1.56 bits per heavy atom. The van der Waals surface area contributed by atoms with Crippen LogP contribution in [-0.4, -0.2) is 16.9 Å². The van der Waals surface area contributed by atoms with Crippen LogP contribution >= 0.6 is 11.6 Å². The largest absolute Gasteiger partial charge is 0.349 e. The quantitative estimate of drug-likeness (QED) is 0.660. The summed E-state index contributed by atoms with van der Waals surface area (Å²) in [6.07, 6.45) is 1.75. The van der Waals surface area contributed by atoms with Gasteiger partial charge in [-0.05, 0) is 25.5 Å². The second-order valence-corrected chi connectivity index (χ2v) is 4.46. The summed E-state index contributed by atoms with van der Waals surface area (Å²) >= 11 is 5.74. The summed E-state index contributed by atoms with van der Waals surface area (Å²) in [5.41, 5.74) is -0.351. The zero-order valence-corrected chi connectivity index (χ0v) is 11.0. The van der Waals surface area contributed by atoms with Crippen LogP contribution < -0.4 is 5.32 Å². The van der Waals surface area contributed by atoms with Crippen molar-refractivity contribution in [2.24, 2.45) is 0 Å². The molecule has 0 bridgehead atoms. The van der Waals surface area contributed by atoms with Crippen LogP contribution in [0.5, 0.6) is 0 Å². The third-order valence-electron chi connectivity index (χ3n) is 2.51. The molecule has 5 nitrogen and oxygen atoms in total. The highest BCUT2D eigenvalue weighted by Crippen LogP contribution is 2.28. The first-order valence-electron chi connectivity index (χ1n) is 5.71. The minimum absolute atomic E-state index is 0.00421. The first-order chi connectivity index (χ1) is 8.47. The zero-order valence-electron chi connectivity index (χ0n) is 10.3. The number of carbonyl (C=O) groups is 1. The molecule has 0 aromatic heterocycles. The number of rotatable bonds is 5. The van der Waals surface area contributed by atoms with Crippen molar-refractivity contribution in [3.63, 3.8) is 0 Å². The van der Waals surface area contributed by atoms with Gasteiger partial charge in [-0.2, -0.15) is 0 Å². The summed E-state index contributed by atoms with van der Waals surface area (Å²) in [5.74, 6) is -0.467. The number of hydrogen-bond acceptors (Lipinski definition) is 3. The highest BCUT2D eigenvalue weighted by atomic mass is 35.5. The van der Waals surface area contributed by atoms with Crippen molar-refractivity contribution in [2.75, 3.05) is 0 Å². The van der Waals surface area contributed by atoms with Crippen molar-refractivity contribution < 1.29 is 9.72 Å². The molecule has 0 radical (unpaired) electrons. The lowest BCUT2D eigenvalue weighted by molar-refractivity contribution is -0.385. The molecule has 6 heteroatoms. The number of nitrogens with one attached hydrogen (secondary N) is 1. The van der Waals surface area contributed by atoms with Crippen molar-refractivity contribution in [3.05, 3.63) is 38.9 Å². The summed E-state index contributed by atoms with van der Waals surface area (Å²) in [5, 5.41) is 13.6. The molecule has 1 atom stereocenters. The third-order valence-corrected chi connectivity index (χ3v) is 2.82. The minimum Gasteiger partial charge on any atom is -0.349 e. The van der Waals surface area contributed by atoms with E-state index in [9.17, 15) is 14.9 Å². The SMILES string of the molecule is CCCC(C)NC(=O)c1cccc(Cl)c1[N+](=O)[O-]. The van der Waals surface area contributed by atoms with Gasteiger partial charge < -0.3 is 5.32 Å². The molecule has 98 valence electrons.